The lowest BCUT2D eigenvalue weighted by atomic mass is 10.0. The van der Waals surface area contributed by atoms with Crippen molar-refractivity contribution >= 4 is 16.9 Å². The van der Waals surface area contributed by atoms with Crippen molar-refractivity contribution in [3.8, 4) is 0 Å². The third kappa shape index (κ3) is 3.13. The number of amides is 1. The lowest BCUT2D eigenvalue weighted by Crippen LogP contribution is -2.42. The van der Waals surface area contributed by atoms with Crippen molar-refractivity contribution in [1.82, 2.24) is 19.7 Å². The molecular weight excluding hydrogens is 344 g/mol. The quantitative estimate of drug-likeness (QED) is 0.712. The number of aromatic nitrogens is 3. The van der Waals surface area contributed by atoms with Crippen molar-refractivity contribution < 1.29 is 9.21 Å². The largest absolute Gasteiger partial charge is 0.451 e. The molecule has 0 radical (unpaired) electrons. The molecule has 1 aromatic carbocycles. The number of benzene rings is 1. The van der Waals surface area contributed by atoms with Crippen molar-refractivity contribution in [1.29, 1.82) is 0 Å². The highest BCUT2D eigenvalue weighted by atomic mass is 16.3. The van der Waals surface area contributed by atoms with Gasteiger partial charge in [0.05, 0.1) is 18.0 Å². The molecule has 1 aliphatic rings. The van der Waals surface area contributed by atoms with E-state index in [1.54, 1.807) is 29.2 Å². The molecule has 7 heteroatoms. The summed E-state index contributed by atoms with van der Waals surface area (Å²) in [6, 6.07) is 8.35. The Bertz CT molecular complexity index is 1070. The summed E-state index contributed by atoms with van der Waals surface area (Å²) in [7, 11) is 0. The number of rotatable bonds is 3. The van der Waals surface area contributed by atoms with E-state index in [0.717, 1.165) is 18.1 Å². The lowest BCUT2D eigenvalue weighted by Gasteiger charge is -2.34. The van der Waals surface area contributed by atoms with Crippen molar-refractivity contribution in [2.75, 3.05) is 6.54 Å². The van der Waals surface area contributed by atoms with Gasteiger partial charge in [0.1, 0.15) is 11.4 Å². The first kappa shape index (κ1) is 17.5. The Balaban J connectivity index is 1.69. The fourth-order valence-corrected chi connectivity index (χ4v) is 3.81. The summed E-state index contributed by atoms with van der Waals surface area (Å²) < 4.78 is 7.86. The molecule has 0 spiro atoms. The van der Waals surface area contributed by atoms with Crippen LogP contribution in [0.2, 0.25) is 0 Å². The first-order valence-electron chi connectivity index (χ1n) is 9.16. The molecule has 2 aromatic heterocycles. The zero-order valence-corrected chi connectivity index (χ0v) is 15.7. The number of carbonyl (C=O) groups is 1. The van der Waals surface area contributed by atoms with Gasteiger partial charge >= 0.3 is 0 Å². The number of nitrogens with zero attached hydrogens (tertiary/aromatic N) is 4. The molecule has 7 nitrogen and oxygen atoms in total. The fourth-order valence-electron chi connectivity index (χ4n) is 3.81. The minimum Gasteiger partial charge on any atom is -0.451 e. The van der Waals surface area contributed by atoms with Gasteiger partial charge in [0.15, 0.2) is 17.0 Å². The molecule has 4 rings (SSSR count). The summed E-state index contributed by atoms with van der Waals surface area (Å²) in [6.45, 7) is 7.14. The molecular formula is C20H22N4O3. The molecule has 0 saturated heterocycles. The Kier molecular flexibility index (Phi) is 4.30. The molecule has 0 fully saturated rings. The summed E-state index contributed by atoms with van der Waals surface area (Å²) in [5, 5.41) is 8.89. The highest BCUT2D eigenvalue weighted by Gasteiger charge is 2.32. The van der Waals surface area contributed by atoms with E-state index >= 15 is 0 Å². The molecule has 1 amide bonds. The number of hydrogen-bond donors (Lipinski definition) is 0. The van der Waals surface area contributed by atoms with E-state index in [0.29, 0.717) is 30.0 Å². The Morgan fingerprint density at radius 3 is 2.85 bits per heavy atom. The summed E-state index contributed by atoms with van der Waals surface area (Å²) in [5.74, 6) is 1.87. The zero-order valence-electron chi connectivity index (χ0n) is 15.7. The van der Waals surface area contributed by atoms with E-state index in [1.807, 2.05) is 6.92 Å². The molecule has 0 saturated carbocycles. The van der Waals surface area contributed by atoms with Gasteiger partial charge in [-0.05, 0) is 31.4 Å². The Morgan fingerprint density at radius 1 is 1.30 bits per heavy atom. The molecule has 0 N–H and O–H groups in total. The molecule has 0 unspecified atom stereocenters. The summed E-state index contributed by atoms with van der Waals surface area (Å²) in [6.07, 6.45) is 0.914. The number of carbonyl (C=O) groups excluding carboxylic acids is 1. The number of para-hydroxylation sites is 1. The van der Waals surface area contributed by atoms with E-state index in [1.165, 1.54) is 6.07 Å². The first-order valence-corrected chi connectivity index (χ1v) is 9.16. The summed E-state index contributed by atoms with van der Waals surface area (Å²) >= 11 is 0. The second-order valence-corrected chi connectivity index (χ2v) is 7.47. The van der Waals surface area contributed by atoms with Gasteiger partial charge in [0.25, 0.3) is 5.91 Å². The van der Waals surface area contributed by atoms with E-state index < -0.39 is 0 Å². The topological polar surface area (TPSA) is 81.2 Å². The number of aryl methyl sites for hydroxylation is 1. The van der Waals surface area contributed by atoms with Crippen LogP contribution in [0.1, 0.15) is 48.5 Å². The maximum atomic E-state index is 13.1. The molecule has 1 atom stereocenters. The second-order valence-electron chi connectivity index (χ2n) is 7.47. The normalized spacial score (nSPS) is 16.7. The molecule has 140 valence electrons. The van der Waals surface area contributed by atoms with Crippen LogP contribution in [-0.4, -0.2) is 32.1 Å². The van der Waals surface area contributed by atoms with Crippen LogP contribution in [0.4, 0.5) is 0 Å². The maximum absolute atomic E-state index is 13.1. The van der Waals surface area contributed by atoms with Gasteiger partial charge in [-0.15, -0.1) is 10.2 Å². The summed E-state index contributed by atoms with van der Waals surface area (Å²) in [5.41, 5.74) is 0.207. The van der Waals surface area contributed by atoms with E-state index in [2.05, 4.69) is 28.6 Å². The van der Waals surface area contributed by atoms with Gasteiger partial charge in [-0.25, -0.2) is 0 Å². The number of hydrogen-bond acceptors (Lipinski definition) is 5. The van der Waals surface area contributed by atoms with Crippen LogP contribution in [0.15, 0.2) is 39.5 Å². The SMILES string of the molecule is Cc1nnc2n1[C@@H](CC(C)C)CN(C(=O)c1cc(=O)c3ccccc3o1)C2. The molecule has 0 aliphatic carbocycles. The van der Waals surface area contributed by atoms with Crippen molar-refractivity contribution in [2.24, 2.45) is 5.92 Å². The van der Waals surface area contributed by atoms with Crippen LogP contribution >= 0.6 is 0 Å². The minimum atomic E-state index is -0.293. The van der Waals surface area contributed by atoms with Crippen LogP contribution in [-0.2, 0) is 6.54 Å². The molecule has 0 bridgehead atoms. The third-order valence-corrected chi connectivity index (χ3v) is 4.94. The van der Waals surface area contributed by atoms with Gasteiger partial charge in [-0.1, -0.05) is 26.0 Å². The van der Waals surface area contributed by atoms with Gasteiger partial charge in [0, 0.05) is 12.6 Å². The Labute approximate surface area is 156 Å². The minimum absolute atomic E-state index is 0.0617. The first-order chi connectivity index (χ1) is 12.9. The predicted octanol–water partition coefficient (Wildman–Crippen LogP) is 2.94. The van der Waals surface area contributed by atoms with Gasteiger partial charge in [0.2, 0.25) is 0 Å². The van der Waals surface area contributed by atoms with Gasteiger partial charge in [-0.3, -0.25) is 9.59 Å². The average Bonchev–Trinajstić information content (AvgIpc) is 3.02. The maximum Gasteiger partial charge on any atom is 0.290 e. The van der Waals surface area contributed by atoms with Crippen molar-refractivity contribution in [2.45, 2.75) is 39.8 Å². The zero-order chi connectivity index (χ0) is 19.1. The van der Waals surface area contributed by atoms with E-state index in [-0.39, 0.29) is 23.1 Å². The number of fused-ring (bicyclic) bond motifs is 2. The average molecular weight is 366 g/mol. The second kappa shape index (κ2) is 6.64. The van der Waals surface area contributed by atoms with Crippen molar-refractivity contribution in [3.05, 3.63) is 58.0 Å². The fraction of sp³-hybridized carbons (Fsp3) is 0.400. The van der Waals surface area contributed by atoms with Gasteiger partial charge < -0.3 is 13.9 Å². The molecule has 3 aromatic rings. The predicted molar refractivity (Wildman–Crippen MR) is 100 cm³/mol. The smallest absolute Gasteiger partial charge is 0.290 e. The lowest BCUT2D eigenvalue weighted by molar-refractivity contribution is 0.0629. The van der Waals surface area contributed by atoms with Crippen LogP contribution in [0, 0.1) is 12.8 Å². The molecule has 1 aliphatic heterocycles. The Hall–Kier alpha value is -2.96. The van der Waals surface area contributed by atoms with Crippen LogP contribution in [0.5, 0.6) is 0 Å². The van der Waals surface area contributed by atoms with E-state index in [4.69, 9.17) is 4.42 Å². The third-order valence-electron chi connectivity index (χ3n) is 4.94. The van der Waals surface area contributed by atoms with Crippen LogP contribution in [0.3, 0.4) is 0 Å². The van der Waals surface area contributed by atoms with Gasteiger partial charge in [-0.2, -0.15) is 0 Å². The molecule has 3 heterocycles. The van der Waals surface area contributed by atoms with E-state index in [9.17, 15) is 9.59 Å². The highest BCUT2D eigenvalue weighted by molar-refractivity contribution is 5.93. The van der Waals surface area contributed by atoms with Crippen LogP contribution < -0.4 is 5.43 Å². The molecule has 27 heavy (non-hydrogen) atoms. The standard InChI is InChI=1S/C20H22N4O3/c1-12(2)8-14-10-23(11-19-22-21-13(3)24(14)19)20(26)18-9-16(25)15-6-4-5-7-17(15)27-18/h4-7,9,12,14H,8,10-11H2,1-3H3/t14-/m0/s1. The summed E-state index contributed by atoms with van der Waals surface area (Å²) in [4.78, 5) is 27.1. The van der Waals surface area contributed by atoms with Crippen LogP contribution in [0.25, 0.3) is 11.0 Å². The monoisotopic (exact) mass is 366 g/mol. The van der Waals surface area contributed by atoms with Crippen molar-refractivity contribution in [3.63, 3.8) is 0 Å². The Morgan fingerprint density at radius 2 is 2.07 bits per heavy atom. The highest BCUT2D eigenvalue weighted by Crippen LogP contribution is 2.28.